The topological polar surface area (TPSA) is 40.6 Å². The van der Waals surface area contributed by atoms with Crippen molar-refractivity contribution in [3.8, 4) is 0 Å². The molecule has 0 radical (unpaired) electrons. The molecule has 0 spiro atoms. The maximum atomic E-state index is 5.37. The molecule has 0 amide bonds. The summed E-state index contributed by atoms with van der Waals surface area (Å²) < 4.78 is 5.37. The zero-order valence-electron chi connectivity index (χ0n) is 15.2. The minimum atomic E-state index is 0.105. The summed E-state index contributed by atoms with van der Waals surface area (Å²) in [5, 5.41) is 6.76. The Balaban J connectivity index is 1.45. The van der Waals surface area contributed by atoms with Crippen LogP contribution in [0, 0.1) is 5.92 Å². The van der Waals surface area contributed by atoms with Crippen molar-refractivity contribution in [1.29, 1.82) is 0 Å². The summed E-state index contributed by atoms with van der Waals surface area (Å²) in [7, 11) is 1.75. The third-order valence-electron chi connectivity index (χ3n) is 5.31. The van der Waals surface area contributed by atoms with Gasteiger partial charge in [0.15, 0.2) is 0 Å². The number of rotatable bonds is 6. The Morgan fingerprint density at radius 3 is 2.79 bits per heavy atom. The lowest BCUT2D eigenvalue weighted by atomic mass is 9.97. The van der Waals surface area contributed by atoms with Gasteiger partial charge in [-0.25, -0.2) is 4.98 Å². The van der Waals surface area contributed by atoms with Crippen molar-refractivity contribution in [3.05, 3.63) is 16.1 Å². The van der Waals surface area contributed by atoms with Crippen LogP contribution in [0.3, 0.4) is 0 Å². The predicted octanol–water partition coefficient (Wildman–Crippen LogP) is 2.36. The van der Waals surface area contributed by atoms with Crippen LogP contribution in [0.4, 0.5) is 0 Å². The van der Waals surface area contributed by atoms with Gasteiger partial charge in [-0.15, -0.1) is 11.3 Å². The quantitative estimate of drug-likeness (QED) is 0.851. The molecule has 24 heavy (non-hydrogen) atoms. The van der Waals surface area contributed by atoms with Crippen LogP contribution in [0.5, 0.6) is 0 Å². The van der Waals surface area contributed by atoms with Gasteiger partial charge >= 0.3 is 0 Å². The number of methoxy groups -OCH3 is 1. The predicted molar refractivity (Wildman–Crippen MR) is 99.5 cm³/mol. The molecule has 3 rings (SSSR count). The van der Waals surface area contributed by atoms with Crippen LogP contribution < -0.4 is 5.32 Å². The molecule has 0 bridgehead atoms. The number of hydrogen-bond acceptors (Lipinski definition) is 6. The Morgan fingerprint density at radius 2 is 2.00 bits per heavy atom. The fourth-order valence-electron chi connectivity index (χ4n) is 3.71. The molecule has 136 valence electrons. The molecule has 6 heteroatoms. The van der Waals surface area contributed by atoms with Crippen LogP contribution in [0.25, 0.3) is 0 Å². The van der Waals surface area contributed by atoms with Crippen LogP contribution in [0.2, 0.25) is 0 Å². The molecule has 3 heterocycles. The molecule has 5 nitrogen and oxygen atoms in total. The first-order valence-corrected chi connectivity index (χ1v) is 10.2. The van der Waals surface area contributed by atoms with E-state index in [1.807, 2.05) is 0 Å². The molecular weight excluding hydrogens is 320 g/mol. The average molecular weight is 353 g/mol. The second kappa shape index (κ2) is 9.25. The van der Waals surface area contributed by atoms with Gasteiger partial charge in [0.05, 0.1) is 5.69 Å². The summed E-state index contributed by atoms with van der Waals surface area (Å²) in [5.41, 5.74) is 1.20. The van der Waals surface area contributed by atoms with Crippen LogP contribution in [-0.2, 0) is 11.3 Å². The maximum Gasteiger partial charge on any atom is 0.122 e. The van der Waals surface area contributed by atoms with Crippen LogP contribution in [-0.4, -0.2) is 67.7 Å². The van der Waals surface area contributed by atoms with Crippen LogP contribution in [0.15, 0.2) is 5.38 Å². The van der Waals surface area contributed by atoms with Gasteiger partial charge in [-0.05, 0) is 58.3 Å². The Hall–Kier alpha value is -0.530. The number of nitrogens with zero attached hydrogens (tertiary/aromatic N) is 3. The van der Waals surface area contributed by atoms with Gasteiger partial charge < -0.3 is 15.0 Å². The fraction of sp³-hybridized carbons (Fsp3) is 0.833. The van der Waals surface area contributed by atoms with Gasteiger partial charge in [0, 0.05) is 38.7 Å². The summed E-state index contributed by atoms with van der Waals surface area (Å²) in [6, 6.07) is 0. The summed E-state index contributed by atoms with van der Waals surface area (Å²) >= 11 is 1.72. The number of nitrogens with one attached hydrogen (secondary N) is 1. The number of hydrogen-bond donors (Lipinski definition) is 1. The Labute approximate surface area is 150 Å². The summed E-state index contributed by atoms with van der Waals surface area (Å²) in [6.45, 7) is 11.6. The lowest BCUT2D eigenvalue weighted by Gasteiger charge is -2.29. The molecule has 1 N–H and O–H groups in total. The van der Waals surface area contributed by atoms with E-state index in [1.165, 1.54) is 64.2 Å². The second-order valence-electron chi connectivity index (χ2n) is 7.18. The first-order valence-electron chi connectivity index (χ1n) is 9.37. The van der Waals surface area contributed by atoms with Crippen molar-refractivity contribution in [2.45, 2.75) is 38.8 Å². The number of aromatic nitrogens is 1. The van der Waals surface area contributed by atoms with Crippen molar-refractivity contribution < 1.29 is 4.74 Å². The van der Waals surface area contributed by atoms with E-state index in [9.17, 15) is 0 Å². The highest BCUT2D eigenvalue weighted by atomic mass is 32.1. The molecule has 0 aliphatic carbocycles. The molecule has 0 saturated carbocycles. The monoisotopic (exact) mass is 352 g/mol. The van der Waals surface area contributed by atoms with E-state index in [-0.39, 0.29) is 6.10 Å². The maximum absolute atomic E-state index is 5.37. The minimum Gasteiger partial charge on any atom is -0.375 e. The molecule has 2 saturated heterocycles. The van der Waals surface area contributed by atoms with E-state index >= 15 is 0 Å². The second-order valence-corrected chi connectivity index (χ2v) is 8.07. The van der Waals surface area contributed by atoms with Gasteiger partial charge in [0.25, 0.3) is 0 Å². The minimum absolute atomic E-state index is 0.105. The average Bonchev–Trinajstić information content (AvgIpc) is 2.97. The van der Waals surface area contributed by atoms with Crippen LogP contribution in [0.1, 0.15) is 43.0 Å². The summed E-state index contributed by atoms with van der Waals surface area (Å²) in [5.74, 6) is 0.898. The van der Waals surface area contributed by atoms with E-state index in [1.54, 1.807) is 18.4 Å². The molecule has 1 aromatic rings. The van der Waals surface area contributed by atoms with Crippen molar-refractivity contribution in [1.82, 2.24) is 20.1 Å². The number of ether oxygens (including phenoxy) is 1. The van der Waals surface area contributed by atoms with Crippen molar-refractivity contribution in [3.63, 3.8) is 0 Å². The SMILES string of the molecule is COC(C)c1nc(CN2CCCN(CC3CCNCC3)CC2)cs1. The lowest BCUT2D eigenvalue weighted by Crippen LogP contribution is -2.38. The lowest BCUT2D eigenvalue weighted by molar-refractivity contribution is 0.119. The molecule has 2 aliphatic heterocycles. The van der Waals surface area contributed by atoms with E-state index in [0.29, 0.717) is 0 Å². The number of piperidine rings is 1. The van der Waals surface area contributed by atoms with Gasteiger partial charge in [0.1, 0.15) is 11.1 Å². The highest BCUT2D eigenvalue weighted by molar-refractivity contribution is 7.09. The third kappa shape index (κ3) is 5.23. The largest absolute Gasteiger partial charge is 0.375 e. The smallest absolute Gasteiger partial charge is 0.122 e. The fourth-order valence-corrected chi connectivity index (χ4v) is 4.55. The molecule has 1 atom stereocenters. The highest BCUT2D eigenvalue weighted by Crippen LogP contribution is 2.21. The van der Waals surface area contributed by atoms with Crippen molar-refractivity contribution in [2.75, 3.05) is 52.9 Å². The molecule has 2 fully saturated rings. The van der Waals surface area contributed by atoms with Gasteiger partial charge in [-0.3, -0.25) is 4.90 Å². The summed E-state index contributed by atoms with van der Waals surface area (Å²) in [6.07, 6.45) is 4.07. The third-order valence-corrected chi connectivity index (χ3v) is 6.37. The first-order chi connectivity index (χ1) is 11.7. The summed E-state index contributed by atoms with van der Waals surface area (Å²) in [4.78, 5) is 10.0. The van der Waals surface area contributed by atoms with Gasteiger partial charge in [-0.2, -0.15) is 0 Å². The Morgan fingerprint density at radius 1 is 1.25 bits per heavy atom. The zero-order valence-corrected chi connectivity index (χ0v) is 16.0. The van der Waals surface area contributed by atoms with E-state index < -0.39 is 0 Å². The van der Waals surface area contributed by atoms with E-state index in [2.05, 4.69) is 27.4 Å². The molecule has 1 aromatic heterocycles. The van der Waals surface area contributed by atoms with E-state index in [4.69, 9.17) is 9.72 Å². The standard InChI is InChI=1S/C18H32N4OS/c1-15(23-2)18-20-17(14-24-18)13-22-9-3-8-21(10-11-22)12-16-4-6-19-7-5-16/h14-16,19H,3-13H2,1-2H3. The normalized spacial score (nSPS) is 23.2. The molecular formula is C18H32N4OS. The van der Waals surface area contributed by atoms with Gasteiger partial charge in [-0.1, -0.05) is 0 Å². The number of thiazole rings is 1. The molecule has 1 unspecified atom stereocenters. The van der Waals surface area contributed by atoms with Gasteiger partial charge in [0.2, 0.25) is 0 Å². The Bertz CT molecular complexity index is 489. The highest BCUT2D eigenvalue weighted by Gasteiger charge is 2.20. The molecule has 2 aliphatic rings. The van der Waals surface area contributed by atoms with Crippen LogP contribution >= 0.6 is 11.3 Å². The Kier molecular flexibility index (Phi) is 7.04. The van der Waals surface area contributed by atoms with Crippen molar-refractivity contribution >= 4 is 11.3 Å². The van der Waals surface area contributed by atoms with E-state index in [0.717, 1.165) is 24.0 Å². The molecule has 0 aromatic carbocycles. The first kappa shape index (κ1) is 18.3. The zero-order chi connectivity index (χ0) is 16.8. The van der Waals surface area contributed by atoms with Crippen molar-refractivity contribution in [2.24, 2.45) is 5.92 Å².